The van der Waals surface area contributed by atoms with Crippen molar-refractivity contribution in [3.8, 4) is 0 Å². The van der Waals surface area contributed by atoms with E-state index in [1.165, 1.54) is 3.57 Å². The van der Waals surface area contributed by atoms with Gasteiger partial charge >= 0.3 is 0 Å². The van der Waals surface area contributed by atoms with Gasteiger partial charge in [0.25, 0.3) is 0 Å². The first-order chi connectivity index (χ1) is 7.66. The van der Waals surface area contributed by atoms with Crippen LogP contribution in [0.5, 0.6) is 0 Å². The fraction of sp³-hybridized carbons (Fsp3) is 0.182. The number of nitrogens with zero attached hydrogens (tertiary/aromatic N) is 4. The Hall–Kier alpha value is -1.24. The molecule has 0 saturated heterocycles. The molecule has 82 valence electrons. The molecule has 0 atom stereocenters. The summed E-state index contributed by atoms with van der Waals surface area (Å²) < 4.78 is 1.17. The van der Waals surface area contributed by atoms with E-state index in [2.05, 4.69) is 37.9 Å². The molecule has 1 heterocycles. The third kappa shape index (κ3) is 2.46. The molecule has 2 aromatic rings. The van der Waals surface area contributed by atoms with E-state index in [4.69, 9.17) is 0 Å². The molecular formula is C11H11IN4. The molecule has 4 nitrogen and oxygen atoms in total. The highest BCUT2D eigenvalue weighted by Gasteiger charge is 2.01. The lowest BCUT2D eigenvalue weighted by atomic mass is 10.2. The van der Waals surface area contributed by atoms with Crippen LogP contribution < -0.4 is 0 Å². The SMILES string of the molecule is CN(C)N=Nc1ccnc2cc(I)ccc12. The van der Waals surface area contributed by atoms with Crippen molar-refractivity contribution in [2.75, 3.05) is 14.1 Å². The van der Waals surface area contributed by atoms with Gasteiger partial charge in [-0.1, -0.05) is 5.22 Å². The number of fused-ring (bicyclic) bond motifs is 1. The fourth-order valence-electron chi connectivity index (χ4n) is 1.33. The Labute approximate surface area is 108 Å². The second kappa shape index (κ2) is 4.73. The van der Waals surface area contributed by atoms with Crippen LogP contribution in [0.2, 0.25) is 0 Å². The first-order valence-corrected chi connectivity index (χ1v) is 5.88. The lowest BCUT2D eigenvalue weighted by molar-refractivity contribution is 0.408. The number of aromatic nitrogens is 1. The Kier molecular flexibility index (Phi) is 3.33. The molecule has 0 aliphatic heterocycles. The molecule has 16 heavy (non-hydrogen) atoms. The molecule has 0 bridgehead atoms. The molecule has 1 aromatic carbocycles. The maximum absolute atomic E-state index is 4.31. The monoisotopic (exact) mass is 326 g/mol. The Morgan fingerprint density at radius 2 is 2.06 bits per heavy atom. The van der Waals surface area contributed by atoms with Gasteiger partial charge in [0.2, 0.25) is 0 Å². The first-order valence-electron chi connectivity index (χ1n) is 4.80. The number of hydrogen-bond donors (Lipinski definition) is 0. The average molecular weight is 326 g/mol. The van der Waals surface area contributed by atoms with Crippen LogP contribution in [-0.2, 0) is 0 Å². The summed E-state index contributed by atoms with van der Waals surface area (Å²) in [7, 11) is 3.69. The quantitative estimate of drug-likeness (QED) is 0.482. The Bertz CT molecular complexity index is 536. The second-order valence-electron chi connectivity index (χ2n) is 3.53. The molecule has 2 rings (SSSR count). The first kappa shape index (κ1) is 11.3. The minimum Gasteiger partial charge on any atom is -0.285 e. The van der Waals surface area contributed by atoms with Gasteiger partial charge in [0.15, 0.2) is 0 Å². The average Bonchev–Trinajstić information content (AvgIpc) is 2.25. The third-order valence-corrected chi connectivity index (χ3v) is 2.68. The van der Waals surface area contributed by atoms with E-state index in [0.29, 0.717) is 0 Å². The largest absolute Gasteiger partial charge is 0.285 e. The maximum Gasteiger partial charge on any atom is 0.0983 e. The van der Waals surface area contributed by atoms with Gasteiger partial charge in [-0.2, -0.15) is 0 Å². The van der Waals surface area contributed by atoms with Crippen molar-refractivity contribution < 1.29 is 0 Å². The Morgan fingerprint density at radius 1 is 1.25 bits per heavy atom. The van der Waals surface area contributed by atoms with Gasteiger partial charge in [0.1, 0.15) is 0 Å². The molecule has 0 fully saturated rings. The topological polar surface area (TPSA) is 40.9 Å². The number of rotatable bonds is 2. The number of halogens is 1. The standard InChI is InChI=1S/C11H11IN4/c1-16(2)15-14-10-5-6-13-11-7-8(12)3-4-9(10)11/h3-7H,1-2H3. The lowest BCUT2D eigenvalue weighted by Crippen LogP contribution is -1.98. The zero-order chi connectivity index (χ0) is 11.5. The summed E-state index contributed by atoms with van der Waals surface area (Å²) in [6.07, 6.45) is 1.75. The number of hydrogen-bond acceptors (Lipinski definition) is 3. The molecule has 0 unspecified atom stereocenters. The van der Waals surface area contributed by atoms with E-state index < -0.39 is 0 Å². The molecule has 0 spiro atoms. The van der Waals surface area contributed by atoms with Crippen molar-refractivity contribution >= 4 is 39.2 Å². The summed E-state index contributed by atoms with van der Waals surface area (Å²) >= 11 is 2.27. The summed E-state index contributed by atoms with van der Waals surface area (Å²) in [4.78, 5) is 4.31. The van der Waals surface area contributed by atoms with Crippen molar-refractivity contribution in [1.29, 1.82) is 0 Å². The van der Waals surface area contributed by atoms with Gasteiger partial charge in [-0.3, -0.25) is 9.99 Å². The van der Waals surface area contributed by atoms with Crippen LogP contribution in [0, 0.1) is 3.57 Å². The highest BCUT2D eigenvalue weighted by Crippen LogP contribution is 2.25. The smallest absolute Gasteiger partial charge is 0.0983 e. The highest BCUT2D eigenvalue weighted by atomic mass is 127. The van der Waals surface area contributed by atoms with E-state index in [9.17, 15) is 0 Å². The van der Waals surface area contributed by atoms with Crippen molar-refractivity contribution in [1.82, 2.24) is 9.99 Å². The van der Waals surface area contributed by atoms with Crippen molar-refractivity contribution in [3.63, 3.8) is 0 Å². The molecule has 0 aliphatic carbocycles. The van der Waals surface area contributed by atoms with E-state index >= 15 is 0 Å². The molecule has 1 aromatic heterocycles. The predicted octanol–water partition coefficient (Wildman–Crippen LogP) is 3.40. The molecule has 0 N–H and O–H groups in total. The minimum atomic E-state index is 0.843. The van der Waals surface area contributed by atoms with Crippen LogP contribution in [0.4, 0.5) is 5.69 Å². The molecule has 0 radical (unpaired) electrons. The van der Waals surface area contributed by atoms with Gasteiger partial charge in [0.05, 0.1) is 11.2 Å². The normalized spacial score (nSPS) is 11.2. The zero-order valence-electron chi connectivity index (χ0n) is 9.05. The fourth-order valence-corrected chi connectivity index (χ4v) is 1.81. The predicted molar refractivity (Wildman–Crippen MR) is 72.7 cm³/mol. The molecule has 0 amide bonds. The molecule has 5 heteroatoms. The molecular weight excluding hydrogens is 315 g/mol. The van der Waals surface area contributed by atoms with Gasteiger partial charge in [-0.05, 0) is 46.9 Å². The van der Waals surface area contributed by atoms with Gasteiger partial charge in [0, 0.05) is 29.2 Å². The number of benzene rings is 1. The van der Waals surface area contributed by atoms with Crippen molar-refractivity contribution in [2.45, 2.75) is 0 Å². The number of pyridine rings is 1. The van der Waals surface area contributed by atoms with Crippen LogP contribution in [0.1, 0.15) is 0 Å². The van der Waals surface area contributed by atoms with Crippen LogP contribution >= 0.6 is 22.6 Å². The zero-order valence-corrected chi connectivity index (χ0v) is 11.2. The highest BCUT2D eigenvalue weighted by molar-refractivity contribution is 14.1. The maximum atomic E-state index is 4.31. The second-order valence-corrected chi connectivity index (χ2v) is 4.77. The summed E-state index contributed by atoms with van der Waals surface area (Å²) in [6.45, 7) is 0. The van der Waals surface area contributed by atoms with Gasteiger partial charge in [-0.15, -0.1) is 5.11 Å². The summed E-state index contributed by atoms with van der Waals surface area (Å²) in [5, 5.41) is 10.9. The van der Waals surface area contributed by atoms with E-state index in [0.717, 1.165) is 16.6 Å². The van der Waals surface area contributed by atoms with Gasteiger partial charge < -0.3 is 0 Å². The Morgan fingerprint density at radius 3 is 2.81 bits per heavy atom. The summed E-state index contributed by atoms with van der Waals surface area (Å²) in [5.74, 6) is 0. The van der Waals surface area contributed by atoms with Crippen molar-refractivity contribution in [2.24, 2.45) is 10.3 Å². The Balaban J connectivity index is 2.54. The third-order valence-electron chi connectivity index (χ3n) is 2.01. The summed E-state index contributed by atoms with van der Waals surface area (Å²) in [6, 6.07) is 7.96. The summed E-state index contributed by atoms with van der Waals surface area (Å²) in [5.41, 5.74) is 1.79. The van der Waals surface area contributed by atoms with E-state index in [1.807, 2.05) is 38.4 Å². The van der Waals surface area contributed by atoms with Gasteiger partial charge in [-0.25, -0.2) is 0 Å². The van der Waals surface area contributed by atoms with Crippen LogP contribution in [0.25, 0.3) is 10.9 Å². The van der Waals surface area contributed by atoms with Crippen LogP contribution in [0.3, 0.4) is 0 Å². The minimum absolute atomic E-state index is 0.843. The van der Waals surface area contributed by atoms with E-state index in [-0.39, 0.29) is 0 Å². The van der Waals surface area contributed by atoms with Crippen molar-refractivity contribution in [3.05, 3.63) is 34.0 Å². The van der Waals surface area contributed by atoms with E-state index in [1.54, 1.807) is 11.2 Å². The lowest BCUT2D eigenvalue weighted by Gasteiger charge is -2.03. The van der Waals surface area contributed by atoms with Crippen LogP contribution in [0.15, 0.2) is 40.8 Å². The molecule has 0 saturated carbocycles. The van der Waals surface area contributed by atoms with Crippen LogP contribution in [-0.4, -0.2) is 24.1 Å². The molecule has 0 aliphatic rings.